The summed E-state index contributed by atoms with van der Waals surface area (Å²) in [6, 6.07) is 13.8. The highest BCUT2D eigenvalue weighted by Gasteiger charge is 2.26. The van der Waals surface area contributed by atoms with Crippen molar-refractivity contribution >= 4 is 42.6 Å². The second kappa shape index (κ2) is 10.9. The second-order valence-corrected chi connectivity index (χ2v) is 11.6. The molecule has 4 aromatic rings. The summed E-state index contributed by atoms with van der Waals surface area (Å²) in [7, 11) is -3.62. The molecule has 0 spiro atoms. The topological polar surface area (TPSA) is 83.7 Å². The van der Waals surface area contributed by atoms with E-state index in [0.29, 0.717) is 29.5 Å². The van der Waals surface area contributed by atoms with Crippen molar-refractivity contribution in [3.63, 3.8) is 0 Å². The Hall–Kier alpha value is -3.01. The fraction of sp³-hybridized carbons (Fsp3) is 0.333. The molecule has 0 bridgehead atoms. The Morgan fingerprint density at radius 1 is 1.03 bits per heavy atom. The molecule has 2 aromatic carbocycles. The predicted octanol–water partition coefficient (Wildman–Crippen LogP) is 6.16. The summed E-state index contributed by atoms with van der Waals surface area (Å²) in [5, 5.41) is 0.567. The molecule has 7 nitrogen and oxygen atoms in total. The van der Waals surface area contributed by atoms with E-state index in [1.165, 1.54) is 27.8 Å². The van der Waals surface area contributed by atoms with Crippen LogP contribution in [-0.2, 0) is 16.6 Å². The Morgan fingerprint density at radius 3 is 2.36 bits per heavy atom. The number of nitrogens with zero attached hydrogens (tertiary/aromatic N) is 3. The van der Waals surface area contributed by atoms with E-state index >= 15 is 0 Å². The highest BCUT2D eigenvalue weighted by molar-refractivity contribution is 7.89. The van der Waals surface area contributed by atoms with Crippen molar-refractivity contribution in [1.82, 2.24) is 9.29 Å². The van der Waals surface area contributed by atoms with E-state index in [2.05, 4.69) is 6.07 Å². The van der Waals surface area contributed by atoms with Crippen LogP contribution in [0.1, 0.15) is 53.9 Å². The SMILES string of the molecule is CCCCN(CC)S(=O)(=O)c1ccc(C(=O)N(Cc2ccco2)c2nc3c(C)ccc(C)c3s2)cc1. The van der Waals surface area contributed by atoms with Gasteiger partial charge in [0.1, 0.15) is 5.76 Å². The number of carbonyl (C=O) groups is 1. The molecule has 0 radical (unpaired) electrons. The Balaban J connectivity index is 1.68. The molecule has 0 N–H and O–H groups in total. The molecule has 0 aliphatic carbocycles. The minimum absolute atomic E-state index is 0.181. The Labute approximate surface area is 216 Å². The van der Waals surface area contributed by atoms with Gasteiger partial charge in [0, 0.05) is 18.7 Å². The van der Waals surface area contributed by atoms with Crippen molar-refractivity contribution in [2.75, 3.05) is 18.0 Å². The van der Waals surface area contributed by atoms with Gasteiger partial charge in [-0.05, 0) is 67.8 Å². The highest BCUT2D eigenvalue weighted by atomic mass is 32.2. The molecule has 0 atom stereocenters. The third-order valence-electron chi connectivity index (χ3n) is 6.15. The van der Waals surface area contributed by atoms with Gasteiger partial charge in [0.15, 0.2) is 5.13 Å². The lowest BCUT2D eigenvalue weighted by molar-refractivity contribution is 0.0983. The van der Waals surface area contributed by atoms with Crippen molar-refractivity contribution in [3.8, 4) is 0 Å². The van der Waals surface area contributed by atoms with Crippen LogP contribution in [0.25, 0.3) is 10.2 Å². The molecule has 190 valence electrons. The van der Waals surface area contributed by atoms with E-state index in [1.807, 2.05) is 39.8 Å². The summed E-state index contributed by atoms with van der Waals surface area (Å²) in [4.78, 5) is 20.3. The molecule has 4 rings (SSSR count). The molecule has 9 heteroatoms. The molecule has 0 saturated heterocycles. The third-order valence-corrected chi connectivity index (χ3v) is 9.36. The quantitative estimate of drug-likeness (QED) is 0.247. The van der Waals surface area contributed by atoms with Gasteiger partial charge in [-0.1, -0.05) is 43.7 Å². The number of amides is 1. The zero-order valence-corrected chi connectivity index (χ0v) is 22.7. The first-order chi connectivity index (χ1) is 17.3. The summed E-state index contributed by atoms with van der Waals surface area (Å²) < 4.78 is 34.2. The number of unbranched alkanes of at least 4 members (excludes halogenated alkanes) is 1. The predicted molar refractivity (Wildman–Crippen MR) is 144 cm³/mol. The second-order valence-electron chi connectivity index (χ2n) is 8.72. The normalized spacial score (nSPS) is 11.9. The minimum atomic E-state index is -3.62. The number of aromatic nitrogens is 1. The van der Waals surface area contributed by atoms with E-state index in [4.69, 9.17) is 9.40 Å². The first kappa shape index (κ1) is 26.1. The van der Waals surface area contributed by atoms with Gasteiger partial charge in [-0.3, -0.25) is 9.69 Å². The van der Waals surface area contributed by atoms with E-state index in [1.54, 1.807) is 29.4 Å². The summed E-state index contributed by atoms with van der Waals surface area (Å²) in [6.07, 6.45) is 3.28. The molecule has 0 fully saturated rings. The third kappa shape index (κ3) is 5.23. The summed E-state index contributed by atoms with van der Waals surface area (Å²) in [6.45, 7) is 8.98. The van der Waals surface area contributed by atoms with Gasteiger partial charge in [0.2, 0.25) is 10.0 Å². The summed E-state index contributed by atoms with van der Waals surface area (Å²) >= 11 is 1.46. The zero-order chi connectivity index (χ0) is 25.9. The average molecular weight is 526 g/mol. The van der Waals surface area contributed by atoms with Crippen LogP contribution in [0.15, 0.2) is 64.1 Å². The number of thiazole rings is 1. The molecule has 2 aromatic heterocycles. The molecular weight excluding hydrogens is 494 g/mol. The van der Waals surface area contributed by atoms with Gasteiger partial charge < -0.3 is 4.42 Å². The van der Waals surface area contributed by atoms with Crippen molar-refractivity contribution in [2.24, 2.45) is 0 Å². The Morgan fingerprint density at radius 2 is 1.75 bits per heavy atom. The van der Waals surface area contributed by atoms with E-state index in [0.717, 1.165) is 34.2 Å². The monoisotopic (exact) mass is 525 g/mol. The van der Waals surface area contributed by atoms with Crippen molar-refractivity contribution in [3.05, 3.63) is 77.2 Å². The van der Waals surface area contributed by atoms with Gasteiger partial charge >= 0.3 is 0 Å². The molecule has 0 aliphatic heterocycles. The van der Waals surface area contributed by atoms with Crippen LogP contribution >= 0.6 is 11.3 Å². The summed E-state index contributed by atoms with van der Waals surface area (Å²) in [5.74, 6) is 0.354. The zero-order valence-electron chi connectivity index (χ0n) is 21.0. The van der Waals surface area contributed by atoms with Crippen LogP contribution in [0.4, 0.5) is 5.13 Å². The molecule has 1 amide bonds. The number of fused-ring (bicyclic) bond motifs is 1. The van der Waals surface area contributed by atoms with Crippen molar-refractivity contribution in [2.45, 2.75) is 52.0 Å². The van der Waals surface area contributed by atoms with Crippen LogP contribution in [-0.4, -0.2) is 36.7 Å². The lowest BCUT2D eigenvalue weighted by Crippen LogP contribution is -2.32. The number of benzene rings is 2. The van der Waals surface area contributed by atoms with Gasteiger partial charge in [-0.25, -0.2) is 13.4 Å². The smallest absolute Gasteiger partial charge is 0.260 e. The number of anilines is 1. The molecule has 2 heterocycles. The molecule has 36 heavy (non-hydrogen) atoms. The molecule has 0 aliphatic rings. The minimum Gasteiger partial charge on any atom is -0.467 e. The molecule has 0 unspecified atom stereocenters. The molecule has 0 saturated carbocycles. The number of sulfonamides is 1. The maximum atomic E-state index is 13.7. The Kier molecular flexibility index (Phi) is 7.92. The summed E-state index contributed by atoms with van der Waals surface area (Å²) in [5.41, 5.74) is 3.40. The van der Waals surface area contributed by atoms with Crippen molar-refractivity contribution in [1.29, 1.82) is 0 Å². The van der Waals surface area contributed by atoms with E-state index in [-0.39, 0.29) is 17.3 Å². The van der Waals surface area contributed by atoms with Crippen LogP contribution in [0.2, 0.25) is 0 Å². The van der Waals surface area contributed by atoms with Gasteiger partial charge in [0.25, 0.3) is 5.91 Å². The lowest BCUT2D eigenvalue weighted by atomic mass is 10.1. The number of aryl methyl sites for hydroxylation is 2. The maximum absolute atomic E-state index is 13.7. The number of rotatable bonds is 10. The largest absolute Gasteiger partial charge is 0.467 e. The number of furan rings is 1. The fourth-order valence-electron chi connectivity index (χ4n) is 4.01. The maximum Gasteiger partial charge on any atom is 0.260 e. The van der Waals surface area contributed by atoms with Gasteiger partial charge in [-0.2, -0.15) is 4.31 Å². The fourth-order valence-corrected chi connectivity index (χ4v) is 6.60. The van der Waals surface area contributed by atoms with E-state index < -0.39 is 10.0 Å². The van der Waals surface area contributed by atoms with Gasteiger partial charge in [0.05, 0.1) is 27.9 Å². The van der Waals surface area contributed by atoms with Crippen LogP contribution in [0.5, 0.6) is 0 Å². The number of hydrogen-bond acceptors (Lipinski definition) is 6. The van der Waals surface area contributed by atoms with Crippen molar-refractivity contribution < 1.29 is 17.6 Å². The first-order valence-electron chi connectivity index (χ1n) is 12.1. The highest BCUT2D eigenvalue weighted by Crippen LogP contribution is 2.34. The first-order valence-corrected chi connectivity index (χ1v) is 14.3. The number of carbonyl (C=O) groups excluding carboxylic acids is 1. The van der Waals surface area contributed by atoms with Crippen LogP contribution in [0, 0.1) is 13.8 Å². The standard InChI is InChI=1S/C27H31N3O4S2/c1-5-7-16-29(6-2)36(32,33)23-14-12-21(13-15-23)26(31)30(18-22-9-8-17-34-22)27-28-24-19(3)10-11-20(4)25(24)35-27/h8-15,17H,5-7,16,18H2,1-4H3. The molecular formula is C27H31N3O4S2. The van der Waals surface area contributed by atoms with Crippen LogP contribution in [0.3, 0.4) is 0 Å². The lowest BCUT2D eigenvalue weighted by Gasteiger charge is -2.21. The number of hydrogen-bond donors (Lipinski definition) is 0. The van der Waals surface area contributed by atoms with E-state index in [9.17, 15) is 13.2 Å². The van der Waals surface area contributed by atoms with Crippen LogP contribution < -0.4 is 4.90 Å². The Bertz CT molecular complexity index is 1400. The van der Waals surface area contributed by atoms with Gasteiger partial charge in [-0.15, -0.1) is 0 Å². The average Bonchev–Trinajstić information content (AvgIpc) is 3.56.